The molecule has 0 spiro atoms. The summed E-state index contributed by atoms with van der Waals surface area (Å²) in [6, 6.07) is 2.62. The Morgan fingerprint density at radius 1 is 1.33 bits per heavy atom. The molecule has 2 nitrogen and oxygen atoms in total. The van der Waals surface area contributed by atoms with Crippen LogP contribution in [0.2, 0.25) is 0 Å². The molecule has 0 aliphatic carbocycles. The van der Waals surface area contributed by atoms with Crippen molar-refractivity contribution in [2.75, 3.05) is 6.61 Å². The lowest BCUT2D eigenvalue weighted by molar-refractivity contribution is 0.243. The number of nitrogens with one attached hydrogen (secondary N) is 1. The van der Waals surface area contributed by atoms with Crippen LogP contribution in [-0.2, 0) is 6.54 Å². The van der Waals surface area contributed by atoms with Gasteiger partial charge in [-0.2, -0.15) is 0 Å². The van der Waals surface area contributed by atoms with E-state index < -0.39 is 11.6 Å². The van der Waals surface area contributed by atoms with E-state index in [-0.39, 0.29) is 35.1 Å². The van der Waals surface area contributed by atoms with Crippen molar-refractivity contribution in [2.45, 2.75) is 32.9 Å². The topological polar surface area (TPSA) is 32.3 Å². The first-order valence-corrected chi connectivity index (χ1v) is 6.73. The van der Waals surface area contributed by atoms with Crippen LogP contribution in [0.4, 0.5) is 8.78 Å². The predicted octanol–water partition coefficient (Wildman–Crippen LogP) is 3.22. The van der Waals surface area contributed by atoms with Crippen molar-refractivity contribution >= 4 is 15.9 Å². The third kappa shape index (κ3) is 4.00. The Morgan fingerprint density at radius 3 is 2.56 bits per heavy atom. The fourth-order valence-electron chi connectivity index (χ4n) is 1.77. The summed E-state index contributed by atoms with van der Waals surface area (Å²) in [6.07, 6.45) is 0.564. The SMILES string of the molecule is CC(C)C(CCO)NCc1c(F)ccc(Br)c1F. The van der Waals surface area contributed by atoms with E-state index in [9.17, 15) is 8.78 Å². The molecule has 1 unspecified atom stereocenters. The molecule has 0 amide bonds. The van der Waals surface area contributed by atoms with E-state index in [1.807, 2.05) is 13.8 Å². The molecule has 0 heterocycles. The van der Waals surface area contributed by atoms with Gasteiger partial charge in [0.15, 0.2) is 0 Å². The van der Waals surface area contributed by atoms with Crippen LogP contribution in [0.15, 0.2) is 16.6 Å². The second-order valence-corrected chi connectivity index (χ2v) is 5.42. The molecule has 0 bridgehead atoms. The highest BCUT2D eigenvalue weighted by molar-refractivity contribution is 9.10. The smallest absolute Gasteiger partial charge is 0.144 e. The zero-order valence-electron chi connectivity index (χ0n) is 10.5. The zero-order valence-corrected chi connectivity index (χ0v) is 12.1. The molecule has 2 N–H and O–H groups in total. The summed E-state index contributed by atoms with van der Waals surface area (Å²) in [6.45, 7) is 4.17. The first-order valence-electron chi connectivity index (χ1n) is 5.94. The molecule has 1 rings (SSSR count). The average Bonchev–Trinajstić information content (AvgIpc) is 2.32. The van der Waals surface area contributed by atoms with E-state index in [0.717, 1.165) is 0 Å². The van der Waals surface area contributed by atoms with E-state index in [0.29, 0.717) is 6.42 Å². The average molecular weight is 322 g/mol. The van der Waals surface area contributed by atoms with Crippen molar-refractivity contribution in [3.05, 3.63) is 33.8 Å². The van der Waals surface area contributed by atoms with Crippen LogP contribution in [0.25, 0.3) is 0 Å². The van der Waals surface area contributed by atoms with Crippen molar-refractivity contribution in [2.24, 2.45) is 5.92 Å². The van der Waals surface area contributed by atoms with Gasteiger partial charge in [-0.25, -0.2) is 8.78 Å². The zero-order chi connectivity index (χ0) is 13.7. The summed E-state index contributed by atoms with van der Waals surface area (Å²) < 4.78 is 27.5. The van der Waals surface area contributed by atoms with Crippen LogP contribution in [-0.4, -0.2) is 17.8 Å². The molecule has 1 atom stereocenters. The van der Waals surface area contributed by atoms with Gasteiger partial charge < -0.3 is 10.4 Å². The lowest BCUT2D eigenvalue weighted by atomic mass is 10.0. The fourth-order valence-corrected chi connectivity index (χ4v) is 2.15. The van der Waals surface area contributed by atoms with E-state index in [4.69, 9.17) is 5.11 Å². The van der Waals surface area contributed by atoms with Crippen LogP contribution in [0.1, 0.15) is 25.8 Å². The summed E-state index contributed by atoms with van der Waals surface area (Å²) in [4.78, 5) is 0. The Bertz CT molecular complexity index is 399. The summed E-state index contributed by atoms with van der Waals surface area (Å²) in [5.74, 6) is -0.848. The molecule has 0 aliphatic heterocycles. The summed E-state index contributed by atoms with van der Waals surface area (Å²) in [5, 5.41) is 12.0. The highest BCUT2D eigenvalue weighted by Crippen LogP contribution is 2.22. The molecule has 1 aromatic rings. The van der Waals surface area contributed by atoms with Crippen molar-refractivity contribution in [1.29, 1.82) is 0 Å². The van der Waals surface area contributed by atoms with E-state index in [1.165, 1.54) is 12.1 Å². The van der Waals surface area contributed by atoms with Crippen LogP contribution in [0.3, 0.4) is 0 Å². The number of rotatable bonds is 6. The maximum absolute atomic E-state index is 13.7. The number of benzene rings is 1. The van der Waals surface area contributed by atoms with Gasteiger partial charge in [0.05, 0.1) is 4.47 Å². The molecule has 18 heavy (non-hydrogen) atoms. The number of aliphatic hydroxyl groups excluding tert-OH is 1. The van der Waals surface area contributed by atoms with Gasteiger partial charge in [0.2, 0.25) is 0 Å². The van der Waals surface area contributed by atoms with Gasteiger partial charge >= 0.3 is 0 Å². The molecule has 0 aliphatic rings. The number of halogens is 3. The molecule has 5 heteroatoms. The molecule has 102 valence electrons. The first-order chi connectivity index (χ1) is 8.47. The second-order valence-electron chi connectivity index (χ2n) is 4.57. The van der Waals surface area contributed by atoms with Gasteiger partial charge in [-0.15, -0.1) is 0 Å². The highest BCUT2D eigenvalue weighted by atomic mass is 79.9. The quantitative estimate of drug-likeness (QED) is 0.788. The van der Waals surface area contributed by atoms with Gasteiger partial charge in [-0.3, -0.25) is 0 Å². The standard InChI is InChI=1S/C13H18BrF2NO/c1-8(2)12(5-6-18)17-7-9-11(15)4-3-10(14)13(9)16/h3-4,8,12,17-18H,5-7H2,1-2H3. The largest absolute Gasteiger partial charge is 0.396 e. The van der Waals surface area contributed by atoms with Crippen LogP contribution >= 0.6 is 15.9 Å². The molecule has 0 radical (unpaired) electrons. The van der Waals surface area contributed by atoms with Gasteiger partial charge in [-0.05, 0) is 40.4 Å². The molecular weight excluding hydrogens is 304 g/mol. The third-order valence-corrected chi connectivity index (χ3v) is 3.54. The molecule has 1 aromatic carbocycles. The van der Waals surface area contributed by atoms with Crippen LogP contribution in [0, 0.1) is 17.6 Å². The van der Waals surface area contributed by atoms with Crippen molar-refractivity contribution in [3.63, 3.8) is 0 Å². The Labute approximate surface area is 115 Å². The molecule has 0 fully saturated rings. The van der Waals surface area contributed by atoms with Crippen molar-refractivity contribution in [3.8, 4) is 0 Å². The summed E-state index contributed by atoms with van der Waals surface area (Å²) in [5.41, 5.74) is 0.0213. The molecular formula is C13H18BrF2NO. The number of aliphatic hydroxyl groups is 1. The normalized spacial score (nSPS) is 13.1. The van der Waals surface area contributed by atoms with Crippen LogP contribution < -0.4 is 5.32 Å². The number of hydrogen-bond donors (Lipinski definition) is 2. The van der Waals surface area contributed by atoms with Crippen LogP contribution in [0.5, 0.6) is 0 Å². The highest BCUT2D eigenvalue weighted by Gasteiger charge is 2.16. The van der Waals surface area contributed by atoms with Gasteiger partial charge in [0.25, 0.3) is 0 Å². The lowest BCUT2D eigenvalue weighted by Crippen LogP contribution is -2.34. The Kier molecular flexibility index (Phi) is 6.18. The minimum atomic E-state index is -0.575. The Hall–Kier alpha value is -0.520. The van der Waals surface area contributed by atoms with Crippen molar-refractivity contribution in [1.82, 2.24) is 5.32 Å². The lowest BCUT2D eigenvalue weighted by Gasteiger charge is -2.22. The van der Waals surface area contributed by atoms with E-state index in [2.05, 4.69) is 21.2 Å². The predicted molar refractivity (Wildman–Crippen MR) is 71.2 cm³/mol. The summed E-state index contributed by atoms with van der Waals surface area (Å²) in [7, 11) is 0. The van der Waals surface area contributed by atoms with Gasteiger partial charge in [0, 0.05) is 24.8 Å². The minimum Gasteiger partial charge on any atom is -0.396 e. The number of hydrogen-bond acceptors (Lipinski definition) is 2. The van der Waals surface area contributed by atoms with E-state index in [1.54, 1.807) is 0 Å². The third-order valence-electron chi connectivity index (χ3n) is 2.92. The second kappa shape index (κ2) is 7.16. The Morgan fingerprint density at radius 2 is 2.00 bits per heavy atom. The fraction of sp³-hybridized carbons (Fsp3) is 0.538. The first kappa shape index (κ1) is 15.5. The van der Waals surface area contributed by atoms with Crippen molar-refractivity contribution < 1.29 is 13.9 Å². The molecule has 0 saturated heterocycles. The van der Waals surface area contributed by atoms with E-state index >= 15 is 0 Å². The molecule has 0 saturated carbocycles. The Balaban J connectivity index is 2.76. The van der Waals surface area contributed by atoms with Gasteiger partial charge in [-0.1, -0.05) is 13.8 Å². The minimum absolute atomic E-state index is 0.0213. The monoisotopic (exact) mass is 321 g/mol. The summed E-state index contributed by atoms with van der Waals surface area (Å²) >= 11 is 3.04. The maximum atomic E-state index is 13.7. The van der Waals surface area contributed by atoms with Gasteiger partial charge in [0.1, 0.15) is 11.6 Å². The maximum Gasteiger partial charge on any atom is 0.144 e. The molecule has 0 aromatic heterocycles.